The van der Waals surface area contributed by atoms with Gasteiger partial charge in [-0.1, -0.05) is 18.2 Å². The quantitative estimate of drug-likeness (QED) is 0.831. The molecule has 1 heterocycles. The molecule has 1 aromatic heterocycles. The summed E-state index contributed by atoms with van der Waals surface area (Å²) in [4.78, 5) is 10.6. The second-order valence-corrected chi connectivity index (χ2v) is 3.37. The Bertz CT molecular complexity index is 496. The van der Waals surface area contributed by atoms with Gasteiger partial charge in [-0.25, -0.2) is 0 Å². The zero-order valence-electron chi connectivity index (χ0n) is 8.98. The molecule has 0 bridgehead atoms. The molecule has 0 radical (unpaired) electrons. The Morgan fingerprint density at radius 2 is 2.12 bits per heavy atom. The van der Waals surface area contributed by atoms with Crippen LogP contribution in [-0.2, 0) is 17.9 Å². The number of hydrogen-bond donors (Lipinski definition) is 1. The Kier molecular flexibility index (Phi) is 3.34. The minimum Gasteiger partial charge on any atom is -0.486 e. The first-order valence-corrected chi connectivity index (χ1v) is 5.02. The third-order valence-corrected chi connectivity index (χ3v) is 2.11. The third-order valence-electron chi connectivity index (χ3n) is 2.11. The molecule has 0 spiro atoms. The minimum atomic E-state index is -0.939. The summed E-state index contributed by atoms with van der Waals surface area (Å²) >= 11 is 0. The van der Waals surface area contributed by atoms with Crippen LogP contribution in [0.5, 0.6) is 5.75 Å². The van der Waals surface area contributed by atoms with Gasteiger partial charge in [0.25, 0.3) is 0 Å². The number of carboxylic acids is 1. The minimum absolute atomic E-state index is 0.166. The van der Waals surface area contributed by atoms with Crippen molar-refractivity contribution in [1.82, 2.24) is 14.8 Å². The predicted molar refractivity (Wildman–Crippen MR) is 58.4 cm³/mol. The Labute approximate surface area is 97.5 Å². The molecule has 0 amide bonds. The summed E-state index contributed by atoms with van der Waals surface area (Å²) in [6, 6.07) is 9.24. The molecule has 88 valence electrons. The molecular formula is C11H11N3O3. The number of rotatable bonds is 5. The van der Waals surface area contributed by atoms with Gasteiger partial charge >= 0.3 is 5.97 Å². The monoisotopic (exact) mass is 233 g/mol. The van der Waals surface area contributed by atoms with Gasteiger partial charge in [0.15, 0.2) is 5.82 Å². The van der Waals surface area contributed by atoms with E-state index < -0.39 is 5.97 Å². The smallest absolute Gasteiger partial charge is 0.323 e. The van der Waals surface area contributed by atoms with Crippen LogP contribution in [0, 0.1) is 0 Å². The summed E-state index contributed by atoms with van der Waals surface area (Å²) in [5, 5.41) is 16.1. The molecule has 0 atom stereocenters. The van der Waals surface area contributed by atoms with Gasteiger partial charge in [-0.2, -0.15) is 0 Å². The summed E-state index contributed by atoms with van der Waals surface area (Å²) in [7, 11) is 0. The highest BCUT2D eigenvalue weighted by molar-refractivity contribution is 5.66. The number of ether oxygens (including phenoxy) is 1. The van der Waals surface area contributed by atoms with E-state index >= 15 is 0 Å². The van der Waals surface area contributed by atoms with Crippen molar-refractivity contribution in [2.24, 2.45) is 0 Å². The number of aliphatic carboxylic acids is 1. The number of carboxylic acid groups (broad SMARTS) is 1. The van der Waals surface area contributed by atoms with Crippen LogP contribution in [0.15, 0.2) is 36.7 Å². The van der Waals surface area contributed by atoms with E-state index in [9.17, 15) is 4.79 Å². The van der Waals surface area contributed by atoms with Gasteiger partial charge in [-0.05, 0) is 12.1 Å². The third kappa shape index (κ3) is 3.04. The number of hydrogen-bond acceptors (Lipinski definition) is 4. The van der Waals surface area contributed by atoms with Crippen molar-refractivity contribution in [3.8, 4) is 5.75 Å². The highest BCUT2D eigenvalue weighted by atomic mass is 16.5. The van der Waals surface area contributed by atoms with E-state index in [1.54, 1.807) is 0 Å². The van der Waals surface area contributed by atoms with E-state index in [4.69, 9.17) is 9.84 Å². The molecule has 0 aliphatic rings. The molecule has 0 aliphatic carbocycles. The highest BCUT2D eigenvalue weighted by Crippen LogP contribution is 2.10. The lowest BCUT2D eigenvalue weighted by atomic mass is 10.3. The number of carbonyl (C=O) groups is 1. The molecule has 6 heteroatoms. The van der Waals surface area contributed by atoms with Crippen LogP contribution >= 0.6 is 0 Å². The number of aromatic nitrogens is 3. The molecule has 2 aromatic rings. The van der Waals surface area contributed by atoms with E-state index in [1.807, 2.05) is 30.3 Å². The summed E-state index contributed by atoms with van der Waals surface area (Å²) in [5.41, 5.74) is 0. The Balaban J connectivity index is 2.00. The van der Waals surface area contributed by atoms with Crippen LogP contribution < -0.4 is 4.74 Å². The predicted octanol–water partition coefficient (Wildman–Crippen LogP) is 0.942. The van der Waals surface area contributed by atoms with Crippen LogP contribution in [0.4, 0.5) is 0 Å². The van der Waals surface area contributed by atoms with Gasteiger partial charge in [-0.15, -0.1) is 10.2 Å². The standard InChI is InChI=1S/C11H11N3O3/c15-11(16)6-14-8-12-13-10(14)7-17-9-4-2-1-3-5-9/h1-5,8H,6-7H2,(H,15,16). The van der Waals surface area contributed by atoms with Crippen molar-refractivity contribution in [3.63, 3.8) is 0 Å². The molecule has 1 N–H and O–H groups in total. The summed E-state index contributed by atoms with van der Waals surface area (Å²) in [6.45, 7) is 0.0256. The number of benzene rings is 1. The molecule has 0 aliphatic heterocycles. The molecule has 17 heavy (non-hydrogen) atoms. The fourth-order valence-electron chi connectivity index (χ4n) is 1.33. The maximum Gasteiger partial charge on any atom is 0.323 e. The zero-order valence-corrected chi connectivity index (χ0v) is 8.98. The maximum atomic E-state index is 10.6. The summed E-state index contributed by atoms with van der Waals surface area (Å²) < 4.78 is 6.89. The van der Waals surface area contributed by atoms with Crippen molar-refractivity contribution >= 4 is 5.97 Å². The molecule has 0 saturated carbocycles. The number of para-hydroxylation sites is 1. The Hall–Kier alpha value is -2.37. The van der Waals surface area contributed by atoms with Crippen molar-refractivity contribution < 1.29 is 14.6 Å². The average molecular weight is 233 g/mol. The zero-order chi connectivity index (χ0) is 12.1. The molecule has 0 unspecified atom stereocenters. The van der Waals surface area contributed by atoms with Crippen LogP contribution in [0.3, 0.4) is 0 Å². The van der Waals surface area contributed by atoms with Crippen LogP contribution in [0.1, 0.15) is 5.82 Å². The fraction of sp³-hybridized carbons (Fsp3) is 0.182. The maximum absolute atomic E-state index is 10.6. The van der Waals surface area contributed by atoms with Gasteiger partial charge in [0, 0.05) is 0 Å². The van der Waals surface area contributed by atoms with Crippen LogP contribution in [0.2, 0.25) is 0 Å². The number of nitrogens with zero attached hydrogens (tertiary/aromatic N) is 3. The second kappa shape index (κ2) is 5.11. The molecule has 0 saturated heterocycles. The van der Waals surface area contributed by atoms with Gasteiger partial charge < -0.3 is 14.4 Å². The van der Waals surface area contributed by atoms with Crippen molar-refractivity contribution in [3.05, 3.63) is 42.5 Å². The summed E-state index contributed by atoms with van der Waals surface area (Å²) in [6.07, 6.45) is 1.37. The Morgan fingerprint density at radius 3 is 2.82 bits per heavy atom. The molecule has 0 fully saturated rings. The first-order chi connectivity index (χ1) is 8.25. The van der Waals surface area contributed by atoms with Crippen molar-refractivity contribution in [1.29, 1.82) is 0 Å². The highest BCUT2D eigenvalue weighted by Gasteiger charge is 2.07. The van der Waals surface area contributed by atoms with Crippen LogP contribution in [0.25, 0.3) is 0 Å². The second-order valence-electron chi connectivity index (χ2n) is 3.37. The first-order valence-electron chi connectivity index (χ1n) is 5.02. The average Bonchev–Trinajstić information content (AvgIpc) is 2.74. The topological polar surface area (TPSA) is 77.2 Å². The SMILES string of the molecule is O=C(O)Cn1cnnc1COc1ccccc1. The lowest BCUT2D eigenvalue weighted by Crippen LogP contribution is -2.12. The summed E-state index contributed by atoms with van der Waals surface area (Å²) in [5.74, 6) is 0.249. The molecule has 6 nitrogen and oxygen atoms in total. The lowest BCUT2D eigenvalue weighted by molar-refractivity contribution is -0.137. The molecule has 1 aromatic carbocycles. The van der Waals surface area contributed by atoms with E-state index in [2.05, 4.69) is 10.2 Å². The van der Waals surface area contributed by atoms with E-state index in [-0.39, 0.29) is 13.2 Å². The van der Waals surface area contributed by atoms with Gasteiger partial charge in [0.2, 0.25) is 0 Å². The van der Waals surface area contributed by atoms with Gasteiger partial charge in [-0.3, -0.25) is 4.79 Å². The first kappa shape index (κ1) is 11.1. The largest absolute Gasteiger partial charge is 0.486 e. The fourth-order valence-corrected chi connectivity index (χ4v) is 1.33. The van der Waals surface area contributed by atoms with Gasteiger partial charge in [0.05, 0.1) is 0 Å². The van der Waals surface area contributed by atoms with Crippen LogP contribution in [-0.4, -0.2) is 25.8 Å². The molecule has 2 rings (SSSR count). The van der Waals surface area contributed by atoms with E-state index in [0.29, 0.717) is 11.6 Å². The Morgan fingerprint density at radius 1 is 1.35 bits per heavy atom. The van der Waals surface area contributed by atoms with Crippen molar-refractivity contribution in [2.45, 2.75) is 13.2 Å². The normalized spacial score (nSPS) is 10.1. The van der Waals surface area contributed by atoms with Gasteiger partial charge in [0.1, 0.15) is 25.2 Å². The van der Waals surface area contributed by atoms with E-state index in [0.717, 1.165) is 0 Å². The van der Waals surface area contributed by atoms with Crippen molar-refractivity contribution in [2.75, 3.05) is 0 Å². The van der Waals surface area contributed by atoms with E-state index in [1.165, 1.54) is 10.9 Å². The lowest BCUT2D eigenvalue weighted by Gasteiger charge is -2.06. The molecular weight excluding hydrogens is 222 g/mol.